The fourth-order valence-electron chi connectivity index (χ4n) is 2.54. The van der Waals surface area contributed by atoms with Crippen molar-refractivity contribution in [2.45, 2.75) is 38.6 Å². The first kappa shape index (κ1) is 12.5. The highest BCUT2D eigenvalue weighted by Gasteiger charge is 2.19. The molecule has 1 fully saturated rings. The van der Waals surface area contributed by atoms with Crippen LogP contribution in [0.2, 0.25) is 0 Å². The van der Waals surface area contributed by atoms with Gasteiger partial charge in [0, 0.05) is 25.5 Å². The molecule has 0 saturated carbocycles. The average molecular weight is 234 g/mol. The van der Waals surface area contributed by atoms with Crippen LogP contribution in [0.15, 0.2) is 18.3 Å². The number of nitrogens with two attached hydrogens (primary N) is 1. The van der Waals surface area contributed by atoms with Crippen molar-refractivity contribution >= 4 is 0 Å². The lowest BCUT2D eigenvalue weighted by molar-refractivity contribution is 0.0617. The summed E-state index contributed by atoms with van der Waals surface area (Å²) >= 11 is 0. The maximum absolute atomic E-state index is 6.30. The van der Waals surface area contributed by atoms with E-state index in [9.17, 15) is 0 Å². The molecule has 1 aliphatic heterocycles. The van der Waals surface area contributed by atoms with Gasteiger partial charge in [-0.25, -0.2) is 0 Å². The summed E-state index contributed by atoms with van der Waals surface area (Å²) in [6.07, 6.45) is 6.17. The minimum absolute atomic E-state index is 0.0780. The fraction of sp³-hybridized carbons (Fsp3) is 0.643. The number of rotatable bonds is 4. The van der Waals surface area contributed by atoms with Gasteiger partial charge in [-0.1, -0.05) is 13.0 Å². The van der Waals surface area contributed by atoms with Crippen LogP contribution in [0.25, 0.3) is 0 Å². The fourth-order valence-corrected chi connectivity index (χ4v) is 2.54. The van der Waals surface area contributed by atoms with Gasteiger partial charge in [0.1, 0.15) is 0 Å². The summed E-state index contributed by atoms with van der Waals surface area (Å²) in [7, 11) is 0. The Bertz CT molecular complexity index is 348. The van der Waals surface area contributed by atoms with E-state index < -0.39 is 0 Å². The highest BCUT2D eigenvalue weighted by atomic mass is 16.5. The SMILES string of the molecule is CCc1cccnc1C(N)CC1CCOCC1. The molecule has 17 heavy (non-hydrogen) atoms. The Morgan fingerprint density at radius 2 is 2.24 bits per heavy atom. The molecule has 0 aliphatic carbocycles. The van der Waals surface area contributed by atoms with E-state index in [4.69, 9.17) is 10.5 Å². The first-order valence-electron chi connectivity index (χ1n) is 6.58. The molecule has 0 amide bonds. The smallest absolute Gasteiger partial charge is 0.0602 e. The molecule has 3 heteroatoms. The zero-order valence-corrected chi connectivity index (χ0v) is 10.6. The predicted molar refractivity (Wildman–Crippen MR) is 68.7 cm³/mol. The van der Waals surface area contributed by atoms with Crippen LogP contribution in [0, 0.1) is 5.92 Å². The molecule has 2 rings (SSSR count). The van der Waals surface area contributed by atoms with Crippen LogP contribution in [0.4, 0.5) is 0 Å². The van der Waals surface area contributed by atoms with Crippen LogP contribution in [0.5, 0.6) is 0 Å². The van der Waals surface area contributed by atoms with Crippen LogP contribution < -0.4 is 5.73 Å². The van der Waals surface area contributed by atoms with Gasteiger partial charge in [-0.2, -0.15) is 0 Å². The van der Waals surface area contributed by atoms with Gasteiger partial charge in [0.25, 0.3) is 0 Å². The largest absolute Gasteiger partial charge is 0.381 e. The van der Waals surface area contributed by atoms with Crippen molar-refractivity contribution in [1.29, 1.82) is 0 Å². The molecular weight excluding hydrogens is 212 g/mol. The van der Waals surface area contributed by atoms with Crippen molar-refractivity contribution in [1.82, 2.24) is 4.98 Å². The molecular formula is C14H22N2O. The van der Waals surface area contributed by atoms with E-state index in [2.05, 4.69) is 18.0 Å². The molecule has 3 nitrogen and oxygen atoms in total. The molecule has 1 aromatic heterocycles. The third-order valence-corrected chi connectivity index (χ3v) is 3.59. The van der Waals surface area contributed by atoms with Gasteiger partial charge in [-0.15, -0.1) is 0 Å². The third-order valence-electron chi connectivity index (χ3n) is 3.59. The van der Waals surface area contributed by atoms with Crippen LogP contribution in [-0.2, 0) is 11.2 Å². The Kier molecular flexibility index (Phi) is 4.51. The summed E-state index contributed by atoms with van der Waals surface area (Å²) in [6, 6.07) is 4.20. The quantitative estimate of drug-likeness (QED) is 0.870. The summed E-state index contributed by atoms with van der Waals surface area (Å²) in [6.45, 7) is 3.93. The molecule has 0 aromatic carbocycles. The summed E-state index contributed by atoms with van der Waals surface area (Å²) in [5.41, 5.74) is 8.67. The summed E-state index contributed by atoms with van der Waals surface area (Å²) in [4.78, 5) is 4.46. The Balaban J connectivity index is 2.00. The maximum atomic E-state index is 6.30. The van der Waals surface area contributed by atoms with Crippen LogP contribution in [0.1, 0.15) is 43.5 Å². The van der Waals surface area contributed by atoms with Gasteiger partial charge < -0.3 is 10.5 Å². The van der Waals surface area contributed by atoms with Gasteiger partial charge in [0.15, 0.2) is 0 Å². The van der Waals surface area contributed by atoms with E-state index in [1.807, 2.05) is 12.3 Å². The second kappa shape index (κ2) is 6.12. The van der Waals surface area contributed by atoms with Crippen molar-refractivity contribution in [3.8, 4) is 0 Å². The second-order valence-corrected chi connectivity index (χ2v) is 4.80. The van der Waals surface area contributed by atoms with Gasteiger partial charge in [-0.05, 0) is 43.2 Å². The van der Waals surface area contributed by atoms with E-state index in [0.717, 1.165) is 44.6 Å². The molecule has 1 aliphatic rings. The Morgan fingerprint density at radius 3 is 2.94 bits per heavy atom. The van der Waals surface area contributed by atoms with E-state index in [1.165, 1.54) is 5.56 Å². The second-order valence-electron chi connectivity index (χ2n) is 4.80. The summed E-state index contributed by atoms with van der Waals surface area (Å²) < 4.78 is 5.38. The topological polar surface area (TPSA) is 48.1 Å². The lowest BCUT2D eigenvalue weighted by Gasteiger charge is -2.25. The van der Waals surface area contributed by atoms with Gasteiger partial charge >= 0.3 is 0 Å². The lowest BCUT2D eigenvalue weighted by atomic mass is 9.90. The number of hydrogen-bond acceptors (Lipinski definition) is 3. The Hall–Kier alpha value is -0.930. The van der Waals surface area contributed by atoms with E-state index in [1.54, 1.807) is 0 Å². The van der Waals surface area contributed by atoms with Crippen LogP contribution >= 0.6 is 0 Å². The molecule has 0 radical (unpaired) electrons. The predicted octanol–water partition coefficient (Wildman–Crippen LogP) is 2.46. The van der Waals surface area contributed by atoms with Gasteiger partial charge in [-0.3, -0.25) is 4.98 Å². The normalized spacial score (nSPS) is 19.2. The standard InChI is InChI=1S/C14H22N2O/c1-2-12-4-3-7-16-14(12)13(15)10-11-5-8-17-9-6-11/h3-4,7,11,13H,2,5-6,8-10,15H2,1H3. The molecule has 94 valence electrons. The zero-order chi connectivity index (χ0) is 12.1. The zero-order valence-electron chi connectivity index (χ0n) is 10.6. The highest BCUT2D eigenvalue weighted by molar-refractivity contribution is 5.22. The van der Waals surface area contributed by atoms with Gasteiger partial charge in [0.05, 0.1) is 5.69 Å². The monoisotopic (exact) mass is 234 g/mol. The van der Waals surface area contributed by atoms with Gasteiger partial charge in [0.2, 0.25) is 0 Å². The molecule has 1 unspecified atom stereocenters. The molecule has 0 spiro atoms. The number of aromatic nitrogens is 1. The molecule has 0 bridgehead atoms. The highest BCUT2D eigenvalue weighted by Crippen LogP contribution is 2.26. The molecule has 2 N–H and O–H groups in total. The third kappa shape index (κ3) is 3.27. The first-order chi connectivity index (χ1) is 8.31. The van der Waals surface area contributed by atoms with Crippen molar-refractivity contribution in [3.05, 3.63) is 29.6 Å². The summed E-state index contributed by atoms with van der Waals surface area (Å²) in [5.74, 6) is 0.700. The number of aryl methyl sites for hydroxylation is 1. The van der Waals surface area contributed by atoms with Crippen molar-refractivity contribution < 1.29 is 4.74 Å². The number of ether oxygens (including phenoxy) is 1. The van der Waals surface area contributed by atoms with Crippen molar-refractivity contribution in [2.24, 2.45) is 11.7 Å². The molecule has 1 saturated heterocycles. The maximum Gasteiger partial charge on any atom is 0.0602 e. The first-order valence-corrected chi connectivity index (χ1v) is 6.58. The average Bonchev–Trinajstić information content (AvgIpc) is 2.40. The van der Waals surface area contributed by atoms with E-state index in [0.29, 0.717) is 5.92 Å². The lowest BCUT2D eigenvalue weighted by Crippen LogP contribution is -2.23. The minimum atomic E-state index is 0.0780. The van der Waals surface area contributed by atoms with Crippen LogP contribution in [0.3, 0.4) is 0 Å². The van der Waals surface area contributed by atoms with E-state index in [-0.39, 0.29) is 6.04 Å². The molecule has 2 heterocycles. The molecule has 1 aromatic rings. The molecule has 1 atom stereocenters. The van der Waals surface area contributed by atoms with Crippen LogP contribution in [-0.4, -0.2) is 18.2 Å². The number of hydrogen-bond donors (Lipinski definition) is 1. The minimum Gasteiger partial charge on any atom is -0.381 e. The Morgan fingerprint density at radius 1 is 1.47 bits per heavy atom. The van der Waals surface area contributed by atoms with E-state index >= 15 is 0 Å². The summed E-state index contributed by atoms with van der Waals surface area (Å²) in [5, 5.41) is 0. The Labute approximate surface area is 103 Å². The van der Waals surface area contributed by atoms with Crippen molar-refractivity contribution in [2.75, 3.05) is 13.2 Å². The number of nitrogens with zero attached hydrogens (tertiary/aromatic N) is 1. The number of pyridine rings is 1. The van der Waals surface area contributed by atoms with Crippen molar-refractivity contribution in [3.63, 3.8) is 0 Å².